The van der Waals surface area contributed by atoms with Crippen molar-refractivity contribution in [3.63, 3.8) is 0 Å². The van der Waals surface area contributed by atoms with Gasteiger partial charge in [0.1, 0.15) is 5.75 Å². The van der Waals surface area contributed by atoms with Crippen LogP contribution in [0.25, 0.3) is 6.08 Å². The van der Waals surface area contributed by atoms with E-state index in [9.17, 15) is 4.79 Å². The number of amides is 1. The van der Waals surface area contributed by atoms with E-state index in [0.717, 1.165) is 30.9 Å². The van der Waals surface area contributed by atoms with Gasteiger partial charge in [-0.2, -0.15) is 0 Å². The molecule has 0 radical (unpaired) electrons. The first-order chi connectivity index (χ1) is 9.79. The van der Waals surface area contributed by atoms with Gasteiger partial charge in [-0.15, -0.1) is 0 Å². The van der Waals surface area contributed by atoms with Crippen LogP contribution in [0.15, 0.2) is 30.3 Å². The molecule has 0 aromatic heterocycles. The highest BCUT2D eigenvalue weighted by Gasteiger charge is 2.10. The molecule has 1 fully saturated rings. The van der Waals surface area contributed by atoms with E-state index in [1.165, 1.54) is 12.8 Å². The monoisotopic (exact) mass is 274 g/mol. The van der Waals surface area contributed by atoms with Crippen LogP contribution >= 0.6 is 0 Å². The van der Waals surface area contributed by atoms with E-state index in [-0.39, 0.29) is 5.91 Å². The molecule has 1 aromatic carbocycles. The molecule has 1 amide bonds. The number of carbonyl (C=O) groups excluding carboxylic acids is 1. The summed E-state index contributed by atoms with van der Waals surface area (Å²) < 4.78 is 5.24. The van der Waals surface area contributed by atoms with Crippen LogP contribution in [-0.2, 0) is 4.79 Å². The van der Waals surface area contributed by atoms with Gasteiger partial charge in [0.15, 0.2) is 0 Å². The molecule has 0 saturated carbocycles. The Balaban J connectivity index is 1.76. The molecule has 108 valence electrons. The van der Waals surface area contributed by atoms with E-state index in [1.807, 2.05) is 24.3 Å². The molecular formula is C16H22N2O2. The Morgan fingerprint density at radius 2 is 2.10 bits per heavy atom. The third kappa shape index (κ3) is 4.38. The number of methoxy groups -OCH3 is 1. The minimum atomic E-state index is -0.0601. The average Bonchev–Trinajstić information content (AvgIpc) is 2.98. The molecule has 0 spiro atoms. The van der Waals surface area contributed by atoms with Crippen LogP contribution in [0.4, 0.5) is 0 Å². The number of benzene rings is 1. The number of carbonyl (C=O) groups is 1. The molecule has 0 aliphatic carbocycles. The lowest BCUT2D eigenvalue weighted by Gasteiger charge is -2.13. The number of rotatable bonds is 6. The number of hydrogen-bond donors (Lipinski definition) is 1. The summed E-state index contributed by atoms with van der Waals surface area (Å²) in [5.41, 5.74) is 0.907. The molecule has 4 nitrogen and oxygen atoms in total. The van der Waals surface area contributed by atoms with E-state index in [1.54, 1.807) is 19.3 Å². The minimum Gasteiger partial charge on any atom is -0.496 e. The van der Waals surface area contributed by atoms with Crippen LogP contribution < -0.4 is 10.1 Å². The summed E-state index contributed by atoms with van der Waals surface area (Å²) in [6, 6.07) is 7.64. The molecule has 1 aromatic rings. The first kappa shape index (κ1) is 14.6. The summed E-state index contributed by atoms with van der Waals surface area (Å²) in [7, 11) is 1.63. The van der Waals surface area contributed by atoms with Crippen molar-refractivity contribution in [2.75, 3.05) is 33.3 Å². The molecular weight excluding hydrogens is 252 g/mol. The number of nitrogens with one attached hydrogen (secondary N) is 1. The van der Waals surface area contributed by atoms with Crippen molar-refractivity contribution in [2.45, 2.75) is 12.8 Å². The van der Waals surface area contributed by atoms with E-state index in [4.69, 9.17) is 4.74 Å². The maximum absolute atomic E-state index is 11.7. The van der Waals surface area contributed by atoms with E-state index < -0.39 is 0 Å². The van der Waals surface area contributed by atoms with E-state index in [2.05, 4.69) is 10.2 Å². The summed E-state index contributed by atoms with van der Waals surface area (Å²) in [6.07, 6.45) is 5.90. The van der Waals surface area contributed by atoms with E-state index >= 15 is 0 Å². The number of likely N-dealkylation sites (tertiary alicyclic amines) is 1. The predicted octanol–water partition coefficient (Wildman–Crippen LogP) is 1.92. The Hall–Kier alpha value is -1.81. The van der Waals surface area contributed by atoms with Gasteiger partial charge < -0.3 is 15.0 Å². The maximum Gasteiger partial charge on any atom is 0.244 e. The van der Waals surface area contributed by atoms with Crippen LogP contribution in [0.5, 0.6) is 5.75 Å². The van der Waals surface area contributed by atoms with Crippen LogP contribution in [0.2, 0.25) is 0 Å². The molecule has 4 heteroatoms. The lowest BCUT2D eigenvalue weighted by molar-refractivity contribution is -0.116. The zero-order valence-electron chi connectivity index (χ0n) is 12.0. The molecule has 0 atom stereocenters. The molecule has 0 bridgehead atoms. The van der Waals surface area contributed by atoms with Crippen molar-refractivity contribution in [1.82, 2.24) is 10.2 Å². The Bertz CT molecular complexity index is 465. The van der Waals surface area contributed by atoms with Crippen LogP contribution in [0.3, 0.4) is 0 Å². The fourth-order valence-corrected chi connectivity index (χ4v) is 2.37. The molecule has 0 unspecified atom stereocenters. The fourth-order valence-electron chi connectivity index (χ4n) is 2.37. The fraction of sp³-hybridized carbons (Fsp3) is 0.438. The van der Waals surface area contributed by atoms with Gasteiger partial charge >= 0.3 is 0 Å². The first-order valence-electron chi connectivity index (χ1n) is 7.11. The van der Waals surface area contributed by atoms with Crippen LogP contribution in [0.1, 0.15) is 18.4 Å². The van der Waals surface area contributed by atoms with Gasteiger partial charge in [-0.05, 0) is 38.1 Å². The smallest absolute Gasteiger partial charge is 0.244 e. The molecule has 1 saturated heterocycles. The highest BCUT2D eigenvalue weighted by Crippen LogP contribution is 2.18. The number of para-hydroxylation sites is 1. The lowest BCUT2D eigenvalue weighted by Crippen LogP contribution is -2.32. The van der Waals surface area contributed by atoms with Crippen molar-refractivity contribution in [2.24, 2.45) is 0 Å². The standard InChI is InChI=1S/C16H22N2O2/c1-20-15-7-3-2-6-14(15)8-9-16(19)17-10-13-18-11-4-5-12-18/h2-3,6-9H,4-5,10-13H2,1H3,(H,17,19). The predicted molar refractivity (Wildman–Crippen MR) is 80.7 cm³/mol. The van der Waals surface area contributed by atoms with Gasteiger partial charge in [0.05, 0.1) is 7.11 Å². The molecule has 1 aliphatic heterocycles. The summed E-state index contributed by atoms with van der Waals surface area (Å²) in [6.45, 7) is 3.96. The molecule has 1 aliphatic rings. The Labute approximate surface area is 120 Å². The quantitative estimate of drug-likeness (QED) is 0.806. The highest BCUT2D eigenvalue weighted by molar-refractivity contribution is 5.92. The number of nitrogens with zero attached hydrogens (tertiary/aromatic N) is 1. The van der Waals surface area contributed by atoms with Crippen LogP contribution in [0, 0.1) is 0 Å². The van der Waals surface area contributed by atoms with Gasteiger partial charge in [-0.25, -0.2) is 0 Å². The van der Waals surface area contributed by atoms with Crippen molar-refractivity contribution in [3.05, 3.63) is 35.9 Å². The SMILES string of the molecule is COc1ccccc1C=CC(=O)NCCN1CCCC1. The third-order valence-electron chi connectivity index (χ3n) is 3.48. The zero-order chi connectivity index (χ0) is 14.2. The zero-order valence-corrected chi connectivity index (χ0v) is 12.0. The second kappa shape index (κ2) is 7.70. The summed E-state index contributed by atoms with van der Waals surface area (Å²) >= 11 is 0. The Kier molecular flexibility index (Phi) is 5.62. The first-order valence-corrected chi connectivity index (χ1v) is 7.11. The molecule has 2 rings (SSSR count). The van der Waals surface area contributed by atoms with Gasteiger partial charge in [0.2, 0.25) is 5.91 Å². The van der Waals surface area contributed by atoms with Gasteiger partial charge in [0.25, 0.3) is 0 Å². The maximum atomic E-state index is 11.7. The van der Waals surface area contributed by atoms with Crippen LogP contribution in [-0.4, -0.2) is 44.1 Å². The van der Waals surface area contributed by atoms with Gasteiger partial charge in [-0.3, -0.25) is 4.79 Å². The second-order valence-corrected chi connectivity index (χ2v) is 4.92. The Morgan fingerprint density at radius 1 is 1.35 bits per heavy atom. The number of hydrogen-bond acceptors (Lipinski definition) is 3. The van der Waals surface area contributed by atoms with Crippen molar-refractivity contribution >= 4 is 12.0 Å². The van der Waals surface area contributed by atoms with Gasteiger partial charge in [0, 0.05) is 24.7 Å². The van der Waals surface area contributed by atoms with Crippen molar-refractivity contribution < 1.29 is 9.53 Å². The number of ether oxygens (including phenoxy) is 1. The van der Waals surface area contributed by atoms with E-state index in [0.29, 0.717) is 6.54 Å². The van der Waals surface area contributed by atoms with Crippen molar-refractivity contribution in [1.29, 1.82) is 0 Å². The molecule has 1 heterocycles. The average molecular weight is 274 g/mol. The third-order valence-corrected chi connectivity index (χ3v) is 3.48. The normalized spacial score (nSPS) is 15.7. The lowest BCUT2D eigenvalue weighted by atomic mass is 10.2. The topological polar surface area (TPSA) is 41.6 Å². The molecule has 20 heavy (non-hydrogen) atoms. The minimum absolute atomic E-state index is 0.0601. The second-order valence-electron chi connectivity index (χ2n) is 4.92. The Morgan fingerprint density at radius 3 is 2.85 bits per heavy atom. The van der Waals surface area contributed by atoms with Crippen molar-refractivity contribution in [3.8, 4) is 5.75 Å². The summed E-state index contributed by atoms with van der Waals surface area (Å²) in [5, 5.41) is 2.91. The summed E-state index contributed by atoms with van der Waals surface area (Å²) in [5.74, 6) is 0.712. The highest BCUT2D eigenvalue weighted by atomic mass is 16.5. The largest absolute Gasteiger partial charge is 0.496 e. The van der Waals surface area contributed by atoms with Gasteiger partial charge in [-0.1, -0.05) is 18.2 Å². The summed E-state index contributed by atoms with van der Waals surface area (Å²) in [4.78, 5) is 14.1. The molecule has 1 N–H and O–H groups in total.